The monoisotopic (exact) mass is 398 g/mol. The summed E-state index contributed by atoms with van der Waals surface area (Å²) >= 11 is 0. The van der Waals surface area contributed by atoms with Gasteiger partial charge in [-0.05, 0) is 42.5 Å². The Kier molecular flexibility index (Phi) is 6.71. The predicted molar refractivity (Wildman–Crippen MR) is 96.1 cm³/mol. The van der Waals surface area contributed by atoms with E-state index in [1.54, 1.807) is 0 Å². The summed E-state index contributed by atoms with van der Waals surface area (Å²) in [6, 6.07) is 10.8. The van der Waals surface area contributed by atoms with Crippen molar-refractivity contribution in [1.82, 2.24) is 0 Å². The van der Waals surface area contributed by atoms with E-state index in [1.807, 2.05) is 0 Å². The zero-order chi connectivity index (χ0) is 21.6. The highest BCUT2D eigenvalue weighted by atomic mass is 16.4. The van der Waals surface area contributed by atoms with Crippen molar-refractivity contribution in [3.8, 4) is 0 Å². The highest BCUT2D eigenvalue weighted by molar-refractivity contribution is 5.98. The first-order valence-corrected chi connectivity index (χ1v) is 8.78. The number of carboxylic acid groups (broad SMARTS) is 4. The lowest BCUT2D eigenvalue weighted by molar-refractivity contribution is -0.312. The lowest BCUT2D eigenvalue weighted by Crippen LogP contribution is -2.48. The molecule has 0 aliphatic heterocycles. The molecular weight excluding hydrogens is 380 g/mol. The van der Waals surface area contributed by atoms with E-state index in [1.165, 1.54) is 48.5 Å². The molecule has 0 saturated heterocycles. The van der Waals surface area contributed by atoms with Crippen LogP contribution in [0.1, 0.15) is 57.5 Å². The zero-order valence-electron chi connectivity index (χ0n) is 15.3. The Morgan fingerprint density at radius 1 is 0.759 bits per heavy atom. The molecule has 29 heavy (non-hydrogen) atoms. The van der Waals surface area contributed by atoms with Crippen LogP contribution in [0.25, 0.3) is 0 Å². The number of hydrogen-bond acceptors (Lipinski definition) is 6. The molecule has 2 aromatic carbocycles. The van der Waals surface area contributed by atoms with Gasteiger partial charge >= 0.3 is 11.9 Å². The molecule has 0 aliphatic rings. The van der Waals surface area contributed by atoms with Gasteiger partial charge in [0.2, 0.25) is 0 Å². The molecule has 0 fully saturated rings. The number of aromatic carboxylic acids is 2. The Balaban J connectivity index is 2.77. The number of benzene rings is 2. The highest BCUT2D eigenvalue weighted by Gasteiger charge is 2.40. The number of rotatable bonds is 10. The maximum atomic E-state index is 12.5. The van der Waals surface area contributed by atoms with Gasteiger partial charge in [-0.1, -0.05) is 42.8 Å². The average Bonchev–Trinajstić information content (AvgIpc) is 2.68. The quantitative estimate of drug-likeness (QED) is 0.546. The first-order chi connectivity index (χ1) is 13.7. The summed E-state index contributed by atoms with van der Waals surface area (Å²) < 4.78 is 0. The van der Waals surface area contributed by atoms with Gasteiger partial charge in [-0.3, -0.25) is 0 Å². The normalized spacial score (nSPS) is 11.0. The number of carbonyl (C=O) groups excluding carboxylic acids is 2. The highest BCUT2D eigenvalue weighted by Crippen LogP contribution is 2.40. The lowest BCUT2D eigenvalue weighted by atomic mass is 9.68. The molecule has 0 saturated carbocycles. The summed E-state index contributed by atoms with van der Waals surface area (Å²) in [6.07, 6.45) is -0.437. The van der Waals surface area contributed by atoms with E-state index in [2.05, 4.69) is 0 Å². The smallest absolute Gasteiger partial charge is 0.336 e. The van der Waals surface area contributed by atoms with Gasteiger partial charge in [-0.25, -0.2) is 9.59 Å². The molecule has 0 spiro atoms. The lowest BCUT2D eigenvalue weighted by Gasteiger charge is -2.38. The van der Waals surface area contributed by atoms with Crippen molar-refractivity contribution in [2.24, 2.45) is 0 Å². The van der Waals surface area contributed by atoms with Crippen LogP contribution < -0.4 is 10.2 Å². The van der Waals surface area contributed by atoms with Crippen LogP contribution in [-0.4, -0.2) is 34.1 Å². The summed E-state index contributed by atoms with van der Waals surface area (Å²) in [5.41, 5.74) is -2.98. The minimum atomic E-state index is -2.10. The Hall–Kier alpha value is -3.68. The van der Waals surface area contributed by atoms with E-state index in [0.29, 0.717) is 0 Å². The first kappa shape index (κ1) is 21.6. The van der Waals surface area contributed by atoms with Crippen LogP contribution in [0.2, 0.25) is 0 Å². The third-order valence-electron chi connectivity index (χ3n) is 4.77. The summed E-state index contributed by atoms with van der Waals surface area (Å²) in [6.45, 7) is 0. The minimum Gasteiger partial charge on any atom is -0.550 e. The fraction of sp³-hybridized carbons (Fsp3) is 0.238. The van der Waals surface area contributed by atoms with Crippen LogP contribution >= 0.6 is 0 Å². The second kappa shape index (κ2) is 9.01. The van der Waals surface area contributed by atoms with Gasteiger partial charge in [0.05, 0.1) is 22.5 Å². The number of carboxylic acids is 4. The van der Waals surface area contributed by atoms with Gasteiger partial charge in [-0.15, -0.1) is 0 Å². The van der Waals surface area contributed by atoms with Crippen LogP contribution in [0.4, 0.5) is 0 Å². The molecule has 2 aromatic rings. The Morgan fingerprint density at radius 2 is 1.21 bits per heavy atom. The van der Waals surface area contributed by atoms with Crippen LogP contribution in [-0.2, 0) is 15.0 Å². The molecule has 2 N–H and O–H groups in total. The molecule has 0 atom stereocenters. The molecular formula is C21H18O8-2. The topological polar surface area (TPSA) is 155 Å². The number of unbranched alkanes of at least 4 members (excludes halogenated alkanes) is 1. The van der Waals surface area contributed by atoms with Crippen molar-refractivity contribution < 1.29 is 39.6 Å². The van der Waals surface area contributed by atoms with Gasteiger partial charge < -0.3 is 30.0 Å². The SMILES string of the molecule is O=C([O-])CCCCC(C(=O)[O-])(c1ccccc1C(=O)O)c1ccccc1C(=O)O. The molecule has 0 unspecified atom stereocenters. The first-order valence-electron chi connectivity index (χ1n) is 8.78. The maximum absolute atomic E-state index is 12.5. The number of carbonyl (C=O) groups is 4. The molecule has 152 valence electrons. The van der Waals surface area contributed by atoms with E-state index < -0.39 is 29.3 Å². The molecule has 0 bridgehead atoms. The van der Waals surface area contributed by atoms with Crippen LogP contribution in [0.15, 0.2) is 48.5 Å². The Bertz CT molecular complexity index is 890. The maximum Gasteiger partial charge on any atom is 0.336 e. The van der Waals surface area contributed by atoms with Crippen molar-refractivity contribution >= 4 is 23.9 Å². The molecule has 0 heterocycles. The third-order valence-corrected chi connectivity index (χ3v) is 4.77. The summed E-state index contributed by atoms with van der Waals surface area (Å²) in [7, 11) is 0. The molecule has 0 radical (unpaired) electrons. The molecule has 8 heteroatoms. The molecule has 0 aromatic heterocycles. The van der Waals surface area contributed by atoms with Crippen LogP contribution in [0.5, 0.6) is 0 Å². The minimum absolute atomic E-state index is 0.0594. The van der Waals surface area contributed by atoms with Crippen molar-refractivity contribution in [1.29, 1.82) is 0 Å². The fourth-order valence-electron chi connectivity index (χ4n) is 3.48. The summed E-state index contributed by atoms with van der Waals surface area (Å²) in [5.74, 6) is -5.74. The van der Waals surface area contributed by atoms with Gasteiger partial charge in [-0.2, -0.15) is 0 Å². The van der Waals surface area contributed by atoms with E-state index in [9.17, 15) is 39.6 Å². The molecule has 0 amide bonds. The van der Waals surface area contributed by atoms with Crippen molar-refractivity contribution in [3.63, 3.8) is 0 Å². The van der Waals surface area contributed by atoms with E-state index in [-0.39, 0.29) is 47.9 Å². The number of hydrogen-bond donors (Lipinski definition) is 2. The molecule has 2 rings (SSSR count). The second-order valence-corrected chi connectivity index (χ2v) is 6.47. The summed E-state index contributed by atoms with van der Waals surface area (Å²) in [5, 5.41) is 42.3. The van der Waals surface area contributed by atoms with Crippen molar-refractivity contribution in [3.05, 3.63) is 70.8 Å². The zero-order valence-corrected chi connectivity index (χ0v) is 15.3. The molecule has 0 aliphatic carbocycles. The van der Waals surface area contributed by atoms with E-state index in [0.717, 1.165) is 0 Å². The third kappa shape index (κ3) is 4.43. The second-order valence-electron chi connectivity index (χ2n) is 6.47. The summed E-state index contributed by atoms with van der Waals surface area (Å²) in [4.78, 5) is 46.7. The van der Waals surface area contributed by atoms with Gasteiger partial charge in [0, 0.05) is 5.97 Å². The van der Waals surface area contributed by atoms with Gasteiger partial charge in [0.1, 0.15) is 0 Å². The predicted octanol–water partition coefficient (Wildman–Crippen LogP) is 0.429. The molecule has 8 nitrogen and oxygen atoms in total. The Labute approximate surface area is 166 Å². The van der Waals surface area contributed by atoms with Crippen molar-refractivity contribution in [2.75, 3.05) is 0 Å². The van der Waals surface area contributed by atoms with Gasteiger partial charge in [0.15, 0.2) is 0 Å². The van der Waals surface area contributed by atoms with E-state index >= 15 is 0 Å². The largest absolute Gasteiger partial charge is 0.550 e. The van der Waals surface area contributed by atoms with Crippen LogP contribution in [0.3, 0.4) is 0 Å². The number of aliphatic carboxylic acids is 2. The van der Waals surface area contributed by atoms with E-state index in [4.69, 9.17) is 0 Å². The fourth-order valence-corrected chi connectivity index (χ4v) is 3.48. The van der Waals surface area contributed by atoms with Crippen LogP contribution in [0, 0.1) is 0 Å². The Morgan fingerprint density at radius 3 is 1.59 bits per heavy atom. The average molecular weight is 398 g/mol. The standard InChI is InChI=1S/C21H20O8/c22-17(23)11-5-6-12-21(20(28)29,15-9-3-1-7-13(15)18(24)25)16-10-4-2-8-14(16)19(26)27/h1-4,7-10H,5-6,11-12H2,(H,22,23)(H,24,25)(H,26,27)(H,28,29)/p-2. The van der Waals surface area contributed by atoms with Gasteiger partial charge in [0.25, 0.3) is 0 Å². The van der Waals surface area contributed by atoms with Crippen molar-refractivity contribution in [2.45, 2.75) is 31.1 Å².